The van der Waals surface area contributed by atoms with Gasteiger partial charge in [0.25, 0.3) is 0 Å². The van der Waals surface area contributed by atoms with Crippen molar-refractivity contribution in [3.8, 4) is 0 Å². The van der Waals surface area contributed by atoms with Crippen molar-refractivity contribution >= 4 is 11.0 Å². The van der Waals surface area contributed by atoms with Gasteiger partial charge in [0.2, 0.25) is 0 Å². The Bertz CT molecular complexity index is 536. The largest absolute Gasteiger partial charge is 0.326 e. The first-order valence-electron chi connectivity index (χ1n) is 6.47. The summed E-state index contributed by atoms with van der Waals surface area (Å²) in [6, 6.07) is 7.07. The molecule has 17 heavy (non-hydrogen) atoms. The summed E-state index contributed by atoms with van der Waals surface area (Å²) < 4.78 is 2.42. The van der Waals surface area contributed by atoms with Crippen molar-refractivity contribution in [2.45, 2.75) is 45.2 Å². The van der Waals surface area contributed by atoms with Gasteiger partial charge in [-0.2, -0.15) is 0 Å². The monoisotopic (exact) mass is 229 g/mol. The van der Waals surface area contributed by atoms with Crippen LogP contribution in [0.15, 0.2) is 18.2 Å². The maximum atomic E-state index is 5.67. The van der Waals surface area contributed by atoms with Gasteiger partial charge in [0.1, 0.15) is 5.82 Å². The Morgan fingerprint density at radius 2 is 2.12 bits per heavy atom. The molecule has 0 aliphatic heterocycles. The molecule has 3 nitrogen and oxygen atoms in total. The molecule has 1 saturated carbocycles. The molecule has 0 spiro atoms. The van der Waals surface area contributed by atoms with E-state index >= 15 is 0 Å². The van der Waals surface area contributed by atoms with E-state index in [1.165, 1.54) is 31.2 Å². The van der Waals surface area contributed by atoms with Gasteiger partial charge in [0.15, 0.2) is 0 Å². The van der Waals surface area contributed by atoms with Crippen LogP contribution >= 0.6 is 0 Å². The first-order valence-corrected chi connectivity index (χ1v) is 6.47. The first-order chi connectivity index (χ1) is 8.29. The average molecular weight is 229 g/mol. The van der Waals surface area contributed by atoms with Crippen molar-refractivity contribution in [3.63, 3.8) is 0 Å². The van der Waals surface area contributed by atoms with Crippen LogP contribution in [0.2, 0.25) is 0 Å². The predicted molar refractivity (Wildman–Crippen MR) is 69.9 cm³/mol. The molecule has 3 heteroatoms. The Labute approximate surface area is 102 Å². The maximum absolute atomic E-state index is 5.67. The number of rotatable bonds is 2. The smallest absolute Gasteiger partial charge is 0.106 e. The number of imidazole rings is 1. The fourth-order valence-electron chi connectivity index (χ4n) is 3.02. The highest BCUT2D eigenvalue weighted by molar-refractivity contribution is 5.77. The van der Waals surface area contributed by atoms with Crippen LogP contribution in [0.4, 0.5) is 0 Å². The van der Waals surface area contributed by atoms with E-state index in [4.69, 9.17) is 5.73 Å². The predicted octanol–water partition coefficient (Wildman–Crippen LogP) is 2.92. The van der Waals surface area contributed by atoms with E-state index in [1.807, 2.05) is 0 Å². The lowest BCUT2D eigenvalue weighted by molar-refractivity contribution is 0.520. The minimum Gasteiger partial charge on any atom is -0.326 e. The van der Waals surface area contributed by atoms with Crippen LogP contribution in [0.1, 0.15) is 43.1 Å². The van der Waals surface area contributed by atoms with Gasteiger partial charge in [-0.3, -0.25) is 0 Å². The summed E-state index contributed by atoms with van der Waals surface area (Å²) in [6.45, 7) is 2.70. The van der Waals surface area contributed by atoms with Crippen molar-refractivity contribution in [2.75, 3.05) is 0 Å². The van der Waals surface area contributed by atoms with Crippen molar-refractivity contribution in [1.82, 2.24) is 9.55 Å². The van der Waals surface area contributed by atoms with Gasteiger partial charge in [-0.15, -0.1) is 0 Å². The first kappa shape index (κ1) is 10.8. The standard InChI is InChI=1S/C14H19N3/c1-10-16-13-8-11(9-15)6-7-14(13)17(10)12-4-2-3-5-12/h6-8,12H,2-5,9,15H2,1H3. The van der Waals surface area contributed by atoms with E-state index < -0.39 is 0 Å². The molecule has 0 radical (unpaired) electrons. The van der Waals surface area contributed by atoms with E-state index in [-0.39, 0.29) is 0 Å². The second-order valence-corrected chi connectivity index (χ2v) is 4.99. The number of hydrogen-bond acceptors (Lipinski definition) is 2. The normalized spacial score (nSPS) is 17.1. The minimum absolute atomic E-state index is 0.589. The van der Waals surface area contributed by atoms with Crippen molar-refractivity contribution < 1.29 is 0 Å². The Morgan fingerprint density at radius 1 is 1.35 bits per heavy atom. The van der Waals surface area contributed by atoms with E-state index in [0.717, 1.165) is 16.9 Å². The summed E-state index contributed by atoms with van der Waals surface area (Å²) in [5.41, 5.74) is 9.20. The van der Waals surface area contributed by atoms with Crippen LogP contribution < -0.4 is 5.73 Å². The van der Waals surface area contributed by atoms with E-state index in [1.54, 1.807) is 0 Å². The summed E-state index contributed by atoms with van der Waals surface area (Å²) in [4.78, 5) is 4.67. The lowest BCUT2D eigenvalue weighted by Gasteiger charge is -2.14. The lowest BCUT2D eigenvalue weighted by atomic mass is 10.2. The van der Waals surface area contributed by atoms with Crippen molar-refractivity contribution in [1.29, 1.82) is 0 Å². The number of nitrogens with zero attached hydrogens (tertiary/aromatic N) is 2. The van der Waals surface area contributed by atoms with Crippen LogP contribution in [0.5, 0.6) is 0 Å². The number of aryl methyl sites for hydroxylation is 1. The summed E-state index contributed by atoms with van der Waals surface area (Å²) >= 11 is 0. The molecular formula is C14H19N3. The molecule has 0 atom stereocenters. The van der Waals surface area contributed by atoms with Gasteiger partial charge >= 0.3 is 0 Å². The van der Waals surface area contributed by atoms with Gasteiger partial charge in [0.05, 0.1) is 11.0 Å². The Hall–Kier alpha value is -1.35. The third-order valence-corrected chi connectivity index (χ3v) is 3.86. The number of hydrogen-bond donors (Lipinski definition) is 1. The molecule has 0 bridgehead atoms. The number of nitrogens with two attached hydrogens (primary N) is 1. The SMILES string of the molecule is Cc1nc2cc(CN)ccc2n1C1CCCC1. The molecule has 0 unspecified atom stereocenters. The van der Waals surface area contributed by atoms with Gasteiger partial charge in [0, 0.05) is 12.6 Å². The summed E-state index contributed by atoms with van der Waals surface area (Å²) in [6.07, 6.45) is 5.30. The van der Waals surface area contributed by atoms with E-state index in [0.29, 0.717) is 12.6 Å². The molecule has 0 amide bonds. The average Bonchev–Trinajstić information content (AvgIpc) is 2.93. The Kier molecular flexibility index (Phi) is 2.63. The molecule has 2 aromatic rings. The molecule has 1 aromatic heterocycles. The second-order valence-electron chi connectivity index (χ2n) is 4.99. The molecule has 1 heterocycles. The maximum Gasteiger partial charge on any atom is 0.106 e. The van der Waals surface area contributed by atoms with Crippen LogP contribution in [-0.4, -0.2) is 9.55 Å². The lowest BCUT2D eigenvalue weighted by Crippen LogP contribution is -2.06. The molecule has 3 rings (SSSR count). The highest BCUT2D eigenvalue weighted by atomic mass is 15.1. The van der Waals surface area contributed by atoms with Crippen LogP contribution in [-0.2, 0) is 6.54 Å². The van der Waals surface area contributed by atoms with Crippen LogP contribution in [0.25, 0.3) is 11.0 Å². The molecular weight excluding hydrogens is 210 g/mol. The third-order valence-electron chi connectivity index (χ3n) is 3.86. The summed E-state index contributed by atoms with van der Waals surface area (Å²) in [7, 11) is 0. The van der Waals surface area contributed by atoms with Gasteiger partial charge < -0.3 is 10.3 Å². The zero-order chi connectivity index (χ0) is 11.8. The topological polar surface area (TPSA) is 43.8 Å². The van der Waals surface area contributed by atoms with Gasteiger partial charge in [-0.25, -0.2) is 4.98 Å². The van der Waals surface area contributed by atoms with Crippen LogP contribution in [0, 0.1) is 6.92 Å². The fourth-order valence-corrected chi connectivity index (χ4v) is 3.02. The molecule has 1 fully saturated rings. The second kappa shape index (κ2) is 4.15. The quantitative estimate of drug-likeness (QED) is 0.860. The molecule has 2 N–H and O–H groups in total. The third kappa shape index (κ3) is 1.75. The molecule has 1 aliphatic carbocycles. The van der Waals surface area contributed by atoms with Gasteiger partial charge in [-0.05, 0) is 37.5 Å². The van der Waals surface area contributed by atoms with Crippen molar-refractivity contribution in [2.24, 2.45) is 5.73 Å². The Morgan fingerprint density at radius 3 is 2.82 bits per heavy atom. The number of aromatic nitrogens is 2. The zero-order valence-electron chi connectivity index (χ0n) is 10.3. The summed E-state index contributed by atoms with van der Waals surface area (Å²) in [5, 5.41) is 0. The minimum atomic E-state index is 0.589. The Balaban J connectivity index is 2.13. The highest BCUT2D eigenvalue weighted by Gasteiger charge is 2.20. The van der Waals surface area contributed by atoms with Gasteiger partial charge in [-0.1, -0.05) is 18.9 Å². The molecule has 1 aromatic carbocycles. The summed E-state index contributed by atoms with van der Waals surface area (Å²) in [5.74, 6) is 1.14. The molecule has 0 saturated heterocycles. The zero-order valence-corrected chi connectivity index (χ0v) is 10.3. The number of benzene rings is 1. The van der Waals surface area contributed by atoms with Crippen molar-refractivity contribution in [3.05, 3.63) is 29.6 Å². The highest BCUT2D eigenvalue weighted by Crippen LogP contribution is 2.33. The molecule has 1 aliphatic rings. The fraction of sp³-hybridized carbons (Fsp3) is 0.500. The van der Waals surface area contributed by atoms with E-state index in [9.17, 15) is 0 Å². The number of fused-ring (bicyclic) bond motifs is 1. The van der Waals surface area contributed by atoms with Crippen LogP contribution in [0.3, 0.4) is 0 Å². The molecule has 90 valence electrons. The van der Waals surface area contributed by atoms with E-state index in [2.05, 4.69) is 34.7 Å².